The Morgan fingerprint density at radius 1 is 1.30 bits per heavy atom. The van der Waals surface area contributed by atoms with Crippen LogP contribution in [0.25, 0.3) is 0 Å². The van der Waals surface area contributed by atoms with E-state index < -0.39 is 5.97 Å². The van der Waals surface area contributed by atoms with Crippen molar-refractivity contribution in [3.8, 4) is 0 Å². The van der Waals surface area contributed by atoms with E-state index in [9.17, 15) is 9.59 Å². The molecule has 1 aromatic heterocycles. The van der Waals surface area contributed by atoms with Crippen LogP contribution in [0.15, 0.2) is 0 Å². The highest BCUT2D eigenvalue weighted by Crippen LogP contribution is 2.36. The average Bonchev–Trinajstić information content (AvgIpc) is 2.25. The van der Waals surface area contributed by atoms with Gasteiger partial charge in [-0.2, -0.15) is 0 Å². The summed E-state index contributed by atoms with van der Waals surface area (Å²) >= 11 is 0. The number of Topliss-reactive ketones (excluding diaryl/α,β-unsaturated/α-hetero) is 1. The fourth-order valence-electron chi connectivity index (χ4n) is 2.97. The second-order valence-corrected chi connectivity index (χ2v) is 6.18. The zero-order chi connectivity index (χ0) is 15.1. The fourth-order valence-corrected chi connectivity index (χ4v) is 2.97. The number of carbonyl (C=O) groups is 2. The molecule has 0 bridgehead atoms. The van der Waals surface area contributed by atoms with E-state index in [-0.39, 0.29) is 11.2 Å². The predicted octanol–water partition coefficient (Wildman–Crippen LogP) is 3.03. The molecule has 0 radical (unpaired) electrons. The molecule has 4 heteroatoms. The minimum atomic E-state index is -0.393. The number of fused-ring (bicyclic) bond motifs is 1. The number of rotatable bonds is 2. The number of hydrogen-bond donors (Lipinski definition) is 0. The minimum absolute atomic E-state index is 0.0680. The van der Waals surface area contributed by atoms with Crippen LogP contribution < -0.4 is 0 Å². The Morgan fingerprint density at radius 3 is 2.55 bits per heavy atom. The first-order valence-corrected chi connectivity index (χ1v) is 6.97. The quantitative estimate of drug-likeness (QED) is 0.778. The lowest BCUT2D eigenvalue weighted by molar-refractivity contribution is 0.0524. The number of aryl methyl sites for hydroxylation is 1. The number of aromatic nitrogens is 1. The molecule has 0 aliphatic heterocycles. The number of pyridine rings is 1. The van der Waals surface area contributed by atoms with Crippen LogP contribution in [0.1, 0.15) is 64.9 Å². The monoisotopic (exact) mass is 275 g/mol. The molecule has 0 amide bonds. The van der Waals surface area contributed by atoms with Gasteiger partial charge in [0.05, 0.1) is 23.6 Å². The molecule has 0 fully saturated rings. The number of hydrogen-bond acceptors (Lipinski definition) is 4. The van der Waals surface area contributed by atoms with Crippen LogP contribution in [0, 0.1) is 19.3 Å². The summed E-state index contributed by atoms with van der Waals surface area (Å²) < 4.78 is 5.07. The van der Waals surface area contributed by atoms with Crippen molar-refractivity contribution in [2.24, 2.45) is 5.41 Å². The number of carbonyl (C=O) groups excluding carboxylic acids is 2. The standard InChI is InChI=1S/C16H21NO3/c1-6-20-15(19)13-9(2)14-11(17-10(13)3)7-16(4,5)8-12(14)18/h6-8H2,1-5H3. The molecule has 0 saturated heterocycles. The van der Waals surface area contributed by atoms with Gasteiger partial charge in [-0.1, -0.05) is 13.8 Å². The van der Waals surface area contributed by atoms with Crippen LogP contribution in [0.4, 0.5) is 0 Å². The first-order chi connectivity index (χ1) is 9.26. The van der Waals surface area contributed by atoms with Gasteiger partial charge in [0.25, 0.3) is 0 Å². The van der Waals surface area contributed by atoms with Gasteiger partial charge in [-0.05, 0) is 38.2 Å². The Balaban J connectivity index is 2.60. The van der Waals surface area contributed by atoms with Gasteiger partial charge in [0, 0.05) is 12.0 Å². The molecule has 2 rings (SSSR count). The summed E-state index contributed by atoms with van der Waals surface area (Å²) in [5.41, 5.74) is 3.17. The van der Waals surface area contributed by atoms with E-state index in [0.717, 1.165) is 12.1 Å². The van der Waals surface area contributed by atoms with Crippen molar-refractivity contribution in [3.05, 3.63) is 28.1 Å². The van der Waals surface area contributed by atoms with Gasteiger partial charge in [0.1, 0.15) is 0 Å². The SMILES string of the molecule is CCOC(=O)c1c(C)nc2c(c1C)C(=O)CC(C)(C)C2. The van der Waals surface area contributed by atoms with E-state index in [2.05, 4.69) is 18.8 Å². The normalized spacial score (nSPS) is 16.8. The van der Waals surface area contributed by atoms with Crippen LogP contribution in [0.5, 0.6) is 0 Å². The molecule has 0 spiro atoms. The van der Waals surface area contributed by atoms with Gasteiger partial charge >= 0.3 is 5.97 Å². The number of ether oxygens (including phenoxy) is 1. The summed E-state index contributed by atoms with van der Waals surface area (Å²) in [6.45, 7) is 9.83. The number of ketones is 1. The van der Waals surface area contributed by atoms with Gasteiger partial charge in [-0.15, -0.1) is 0 Å². The van der Waals surface area contributed by atoms with Crippen molar-refractivity contribution in [1.29, 1.82) is 0 Å². The second-order valence-electron chi connectivity index (χ2n) is 6.18. The predicted molar refractivity (Wildman–Crippen MR) is 76.1 cm³/mol. The van der Waals surface area contributed by atoms with Crippen molar-refractivity contribution < 1.29 is 14.3 Å². The van der Waals surface area contributed by atoms with E-state index in [4.69, 9.17) is 4.74 Å². The van der Waals surface area contributed by atoms with E-state index in [1.54, 1.807) is 13.8 Å². The van der Waals surface area contributed by atoms with Gasteiger partial charge in [-0.3, -0.25) is 9.78 Å². The summed E-state index contributed by atoms with van der Waals surface area (Å²) in [4.78, 5) is 28.9. The molecule has 1 heterocycles. The topological polar surface area (TPSA) is 56.3 Å². The molecule has 0 saturated carbocycles. The Morgan fingerprint density at radius 2 is 1.95 bits per heavy atom. The highest BCUT2D eigenvalue weighted by Gasteiger charge is 2.35. The van der Waals surface area contributed by atoms with Crippen LogP contribution in [0.2, 0.25) is 0 Å². The van der Waals surface area contributed by atoms with Gasteiger partial charge in [0.2, 0.25) is 0 Å². The largest absolute Gasteiger partial charge is 0.462 e. The van der Waals surface area contributed by atoms with Crippen molar-refractivity contribution in [1.82, 2.24) is 4.98 Å². The highest BCUT2D eigenvalue weighted by atomic mass is 16.5. The molecule has 0 atom stereocenters. The molecule has 0 N–H and O–H groups in total. The molecule has 0 unspecified atom stereocenters. The molecule has 108 valence electrons. The van der Waals surface area contributed by atoms with Crippen LogP contribution in [-0.4, -0.2) is 23.3 Å². The van der Waals surface area contributed by atoms with Crippen molar-refractivity contribution in [2.45, 2.75) is 47.5 Å². The summed E-state index contributed by atoms with van der Waals surface area (Å²) in [5.74, 6) is -0.317. The number of nitrogens with zero attached hydrogens (tertiary/aromatic N) is 1. The third kappa shape index (κ3) is 2.47. The lowest BCUT2D eigenvalue weighted by atomic mass is 9.74. The fraction of sp³-hybridized carbons (Fsp3) is 0.562. The van der Waals surface area contributed by atoms with E-state index >= 15 is 0 Å². The van der Waals surface area contributed by atoms with Crippen LogP contribution in [-0.2, 0) is 11.2 Å². The Hall–Kier alpha value is -1.71. The van der Waals surface area contributed by atoms with Gasteiger partial charge < -0.3 is 4.74 Å². The summed E-state index contributed by atoms with van der Waals surface area (Å²) in [7, 11) is 0. The van der Waals surface area contributed by atoms with Gasteiger partial charge in [-0.25, -0.2) is 4.79 Å². The zero-order valence-electron chi connectivity index (χ0n) is 12.8. The molecule has 4 nitrogen and oxygen atoms in total. The molecule has 0 aromatic carbocycles. The van der Waals surface area contributed by atoms with Crippen LogP contribution in [0.3, 0.4) is 0 Å². The Kier molecular flexibility index (Phi) is 3.67. The molecular formula is C16H21NO3. The maximum atomic E-state index is 12.4. The van der Waals surface area contributed by atoms with Crippen LogP contribution >= 0.6 is 0 Å². The van der Waals surface area contributed by atoms with E-state index in [1.165, 1.54) is 0 Å². The molecule has 20 heavy (non-hydrogen) atoms. The maximum absolute atomic E-state index is 12.4. The summed E-state index contributed by atoms with van der Waals surface area (Å²) in [5, 5.41) is 0. The first kappa shape index (κ1) is 14.7. The highest BCUT2D eigenvalue weighted by molar-refractivity contribution is 6.03. The summed E-state index contributed by atoms with van der Waals surface area (Å²) in [6, 6.07) is 0. The number of esters is 1. The lowest BCUT2D eigenvalue weighted by Gasteiger charge is -2.31. The second kappa shape index (κ2) is 5.00. The van der Waals surface area contributed by atoms with Crippen molar-refractivity contribution in [2.75, 3.05) is 6.61 Å². The minimum Gasteiger partial charge on any atom is -0.462 e. The zero-order valence-corrected chi connectivity index (χ0v) is 12.8. The lowest BCUT2D eigenvalue weighted by Crippen LogP contribution is -2.30. The molecule has 1 aliphatic carbocycles. The maximum Gasteiger partial charge on any atom is 0.340 e. The van der Waals surface area contributed by atoms with E-state index in [1.807, 2.05) is 6.92 Å². The van der Waals surface area contributed by atoms with Crippen molar-refractivity contribution >= 4 is 11.8 Å². The average molecular weight is 275 g/mol. The molecule has 1 aromatic rings. The third-order valence-electron chi connectivity index (χ3n) is 3.75. The van der Waals surface area contributed by atoms with Gasteiger partial charge in [0.15, 0.2) is 5.78 Å². The first-order valence-electron chi connectivity index (χ1n) is 6.97. The summed E-state index contributed by atoms with van der Waals surface area (Å²) in [6.07, 6.45) is 1.26. The Labute approximate surface area is 119 Å². The third-order valence-corrected chi connectivity index (χ3v) is 3.75. The Bertz CT molecular complexity index is 588. The molecule has 1 aliphatic rings. The van der Waals surface area contributed by atoms with E-state index in [0.29, 0.717) is 35.4 Å². The smallest absolute Gasteiger partial charge is 0.340 e. The van der Waals surface area contributed by atoms with Crippen molar-refractivity contribution in [3.63, 3.8) is 0 Å². The molecular weight excluding hydrogens is 254 g/mol.